The topological polar surface area (TPSA) is 45.8 Å². The van der Waals surface area contributed by atoms with Gasteiger partial charge in [0.1, 0.15) is 12.1 Å². The van der Waals surface area contributed by atoms with Crippen molar-refractivity contribution in [2.45, 2.75) is 18.2 Å². The minimum absolute atomic E-state index is 0.237. The molecule has 2 rings (SSSR count). The Morgan fingerprint density at radius 3 is 2.65 bits per heavy atom. The summed E-state index contributed by atoms with van der Waals surface area (Å²) >= 11 is 3.29. The first kappa shape index (κ1) is 12.0. The van der Waals surface area contributed by atoms with Crippen molar-refractivity contribution in [1.82, 2.24) is 9.97 Å². The van der Waals surface area contributed by atoms with Crippen LogP contribution in [0.25, 0.3) is 11.4 Å². The highest BCUT2D eigenvalue weighted by Gasteiger charge is 2.07. The van der Waals surface area contributed by atoms with Gasteiger partial charge >= 0.3 is 0 Å². The van der Waals surface area contributed by atoms with E-state index in [4.69, 9.17) is 0 Å². The second kappa shape index (κ2) is 5.27. The van der Waals surface area contributed by atoms with Crippen molar-refractivity contribution in [1.29, 1.82) is 0 Å². The van der Waals surface area contributed by atoms with Crippen LogP contribution in [0.15, 0.2) is 30.5 Å². The van der Waals surface area contributed by atoms with E-state index in [0.717, 1.165) is 35.4 Å². The average molecular weight is 293 g/mol. The van der Waals surface area contributed by atoms with Crippen molar-refractivity contribution in [2.75, 3.05) is 0 Å². The number of halogens is 1. The number of hydrogen-bond acceptors (Lipinski definition) is 2. The molecule has 0 aliphatic heterocycles. The molecule has 0 saturated heterocycles. The lowest BCUT2D eigenvalue weighted by Crippen LogP contribution is -1.90. The molecule has 0 fully saturated rings. The number of nitrogens with zero attached hydrogens (tertiary/aromatic N) is 1. The van der Waals surface area contributed by atoms with Gasteiger partial charge in [0.15, 0.2) is 0 Å². The standard InChI is InChI=1S/C13H13BrN2O/c1-2-11-7-15-13(16-11)10-5-3-9(4-6-10)12(14)8-17/h3-8,12H,2H2,1H3,(H,15,16). The fourth-order valence-electron chi connectivity index (χ4n) is 1.59. The monoisotopic (exact) mass is 292 g/mol. The number of carbonyl (C=O) groups is 1. The summed E-state index contributed by atoms with van der Waals surface area (Å²) in [5, 5.41) is 0. The van der Waals surface area contributed by atoms with Gasteiger partial charge in [0, 0.05) is 11.8 Å². The normalized spacial score (nSPS) is 12.4. The average Bonchev–Trinajstić information content (AvgIpc) is 2.87. The van der Waals surface area contributed by atoms with E-state index in [-0.39, 0.29) is 4.83 Å². The predicted molar refractivity (Wildman–Crippen MR) is 71.1 cm³/mol. The van der Waals surface area contributed by atoms with Gasteiger partial charge in [-0.05, 0) is 12.0 Å². The number of aryl methyl sites for hydroxylation is 1. The van der Waals surface area contributed by atoms with Crippen LogP contribution in [0.3, 0.4) is 0 Å². The minimum Gasteiger partial charge on any atom is -0.344 e. The van der Waals surface area contributed by atoms with Crippen LogP contribution in [0.2, 0.25) is 0 Å². The molecular weight excluding hydrogens is 280 g/mol. The number of carbonyl (C=O) groups excluding carboxylic acids is 1. The molecule has 4 heteroatoms. The van der Waals surface area contributed by atoms with Crippen LogP contribution >= 0.6 is 15.9 Å². The number of aldehydes is 1. The number of alkyl halides is 1. The van der Waals surface area contributed by atoms with E-state index < -0.39 is 0 Å². The molecule has 0 aliphatic carbocycles. The molecule has 0 spiro atoms. The molecular formula is C13H13BrN2O. The van der Waals surface area contributed by atoms with Gasteiger partial charge in [0.2, 0.25) is 0 Å². The fraction of sp³-hybridized carbons (Fsp3) is 0.231. The molecule has 2 aromatic rings. The van der Waals surface area contributed by atoms with E-state index in [9.17, 15) is 4.79 Å². The first-order chi connectivity index (χ1) is 8.24. The molecule has 0 aliphatic rings. The molecule has 1 atom stereocenters. The van der Waals surface area contributed by atoms with E-state index in [1.807, 2.05) is 30.5 Å². The maximum absolute atomic E-state index is 10.6. The van der Waals surface area contributed by atoms with Crippen LogP contribution in [0, 0.1) is 0 Å². The van der Waals surface area contributed by atoms with Gasteiger partial charge in [-0.3, -0.25) is 0 Å². The Morgan fingerprint density at radius 2 is 2.12 bits per heavy atom. The molecule has 0 amide bonds. The van der Waals surface area contributed by atoms with E-state index in [1.54, 1.807) is 0 Å². The number of imidazole rings is 1. The highest BCUT2D eigenvalue weighted by atomic mass is 79.9. The number of aromatic amines is 1. The molecule has 0 bridgehead atoms. The van der Waals surface area contributed by atoms with Gasteiger partial charge in [-0.15, -0.1) is 0 Å². The van der Waals surface area contributed by atoms with E-state index >= 15 is 0 Å². The summed E-state index contributed by atoms with van der Waals surface area (Å²) in [4.78, 5) is 18.0. The molecule has 88 valence electrons. The van der Waals surface area contributed by atoms with Gasteiger partial charge < -0.3 is 9.78 Å². The highest BCUT2D eigenvalue weighted by Crippen LogP contribution is 2.23. The summed E-state index contributed by atoms with van der Waals surface area (Å²) in [5.41, 5.74) is 3.03. The molecule has 3 nitrogen and oxygen atoms in total. The van der Waals surface area contributed by atoms with Crippen molar-refractivity contribution in [2.24, 2.45) is 0 Å². The second-order valence-corrected chi connectivity index (χ2v) is 4.74. The van der Waals surface area contributed by atoms with Crippen LogP contribution in [0.4, 0.5) is 0 Å². The zero-order chi connectivity index (χ0) is 12.3. The lowest BCUT2D eigenvalue weighted by molar-refractivity contribution is -0.107. The van der Waals surface area contributed by atoms with Gasteiger partial charge in [0.25, 0.3) is 0 Å². The minimum atomic E-state index is -0.237. The third kappa shape index (κ3) is 2.64. The lowest BCUT2D eigenvalue weighted by Gasteiger charge is -2.03. The van der Waals surface area contributed by atoms with Gasteiger partial charge in [-0.25, -0.2) is 4.98 Å². The Bertz CT molecular complexity index is 504. The molecule has 17 heavy (non-hydrogen) atoms. The van der Waals surface area contributed by atoms with Crippen molar-refractivity contribution in [3.63, 3.8) is 0 Å². The Kier molecular flexibility index (Phi) is 3.74. The molecule has 0 radical (unpaired) electrons. The quantitative estimate of drug-likeness (QED) is 0.694. The SMILES string of the molecule is CCc1c[nH]c(-c2ccc(C(Br)C=O)cc2)n1. The summed E-state index contributed by atoms with van der Waals surface area (Å²) in [7, 11) is 0. The zero-order valence-electron chi connectivity index (χ0n) is 9.48. The van der Waals surface area contributed by atoms with Crippen molar-refractivity contribution >= 4 is 22.2 Å². The summed E-state index contributed by atoms with van der Waals surface area (Å²) < 4.78 is 0. The van der Waals surface area contributed by atoms with Crippen molar-refractivity contribution in [3.8, 4) is 11.4 Å². The summed E-state index contributed by atoms with van der Waals surface area (Å²) in [6, 6.07) is 7.78. The van der Waals surface area contributed by atoms with Crippen LogP contribution < -0.4 is 0 Å². The Balaban J connectivity index is 2.25. The Hall–Kier alpha value is -1.42. The Labute approximate surface area is 108 Å². The van der Waals surface area contributed by atoms with Crippen molar-refractivity contribution in [3.05, 3.63) is 41.7 Å². The molecule has 0 saturated carbocycles. The van der Waals surface area contributed by atoms with E-state index in [2.05, 4.69) is 32.8 Å². The number of benzene rings is 1. The van der Waals surface area contributed by atoms with Crippen LogP contribution in [-0.2, 0) is 11.2 Å². The first-order valence-electron chi connectivity index (χ1n) is 5.48. The largest absolute Gasteiger partial charge is 0.344 e. The number of rotatable bonds is 4. The second-order valence-electron chi connectivity index (χ2n) is 3.75. The van der Waals surface area contributed by atoms with Crippen LogP contribution in [-0.4, -0.2) is 16.3 Å². The van der Waals surface area contributed by atoms with E-state index in [0.29, 0.717) is 0 Å². The van der Waals surface area contributed by atoms with Gasteiger partial charge in [-0.2, -0.15) is 0 Å². The van der Waals surface area contributed by atoms with Crippen LogP contribution in [0.1, 0.15) is 23.0 Å². The van der Waals surface area contributed by atoms with Crippen LogP contribution in [0.5, 0.6) is 0 Å². The predicted octanol–water partition coefficient (Wildman–Crippen LogP) is 3.27. The molecule has 1 N–H and O–H groups in total. The Morgan fingerprint density at radius 1 is 1.41 bits per heavy atom. The molecule has 1 aromatic carbocycles. The third-order valence-electron chi connectivity index (χ3n) is 2.62. The lowest BCUT2D eigenvalue weighted by atomic mass is 10.1. The maximum Gasteiger partial charge on any atom is 0.138 e. The summed E-state index contributed by atoms with van der Waals surface area (Å²) in [6.45, 7) is 2.07. The summed E-state index contributed by atoms with van der Waals surface area (Å²) in [5.74, 6) is 0.866. The van der Waals surface area contributed by atoms with Crippen molar-refractivity contribution < 1.29 is 4.79 Å². The first-order valence-corrected chi connectivity index (χ1v) is 6.40. The number of nitrogens with one attached hydrogen (secondary N) is 1. The van der Waals surface area contributed by atoms with Gasteiger partial charge in [0.05, 0.1) is 10.5 Å². The maximum atomic E-state index is 10.6. The fourth-order valence-corrected chi connectivity index (χ4v) is 1.90. The van der Waals surface area contributed by atoms with Gasteiger partial charge in [-0.1, -0.05) is 47.1 Å². The molecule has 1 aromatic heterocycles. The summed E-state index contributed by atoms with van der Waals surface area (Å²) in [6.07, 6.45) is 3.71. The third-order valence-corrected chi connectivity index (χ3v) is 3.36. The highest BCUT2D eigenvalue weighted by molar-refractivity contribution is 9.09. The number of hydrogen-bond donors (Lipinski definition) is 1. The number of aromatic nitrogens is 2. The zero-order valence-corrected chi connectivity index (χ0v) is 11.1. The van der Waals surface area contributed by atoms with E-state index in [1.165, 1.54) is 0 Å². The molecule has 1 unspecified atom stereocenters. The molecule has 1 heterocycles. The smallest absolute Gasteiger partial charge is 0.138 e. The number of H-pyrrole nitrogens is 1.